The quantitative estimate of drug-likeness (QED) is 0.540. The molecule has 0 spiro atoms. The number of rotatable bonds is 4. The number of aryl methyl sites for hydroxylation is 1. The Labute approximate surface area is 161 Å². The summed E-state index contributed by atoms with van der Waals surface area (Å²) in [5, 5.41) is 14.1. The van der Waals surface area contributed by atoms with E-state index in [9.17, 15) is 14.7 Å². The second-order valence-corrected chi connectivity index (χ2v) is 6.72. The molecule has 0 atom stereocenters. The molecular formula is C21H20N4O3. The van der Waals surface area contributed by atoms with Gasteiger partial charge >= 0.3 is 0 Å². The number of hydrazone groups is 1. The maximum absolute atomic E-state index is 12.5. The van der Waals surface area contributed by atoms with Crippen molar-refractivity contribution in [3.8, 4) is 5.75 Å². The molecule has 0 saturated carbocycles. The molecule has 1 aliphatic heterocycles. The first-order valence-corrected chi connectivity index (χ1v) is 9.26. The topological polar surface area (TPSA) is 96.6 Å². The van der Waals surface area contributed by atoms with Crippen molar-refractivity contribution < 1.29 is 9.90 Å². The second-order valence-electron chi connectivity index (χ2n) is 6.72. The van der Waals surface area contributed by atoms with Gasteiger partial charge in [-0.3, -0.25) is 14.2 Å². The fourth-order valence-corrected chi connectivity index (χ4v) is 3.41. The molecule has 142 valence electrons. The van der Waals surface area contributed by atoms with Crippen molar-refractivity contribution in [2.75, 3.05) is 0 Å². The Morgan fingerprint density at radius 1 is 1.21 bits per heavy atom. The van der Waals surface area contributed by atoms with E-state index in [1.165, 1.54) is 0 Å². The van der Waals surface area contributed by atoms with Crippen molar-refractivity contribution in [3.63, 3.8) is 0 Å². The third kappa shape index (κ3) is 3.26. The van der Waals surface area contributed by atoms with Gasteiger partial charge in [-0.05, 0) is 60.9 Å². The SMILES string of the molecule is CC/C(=N\NC(=O)c1ccc2c(=O)n3c(nc2c1)CCC3)c1ccc(O)cc1. The minimum atomic E-state index is -0.367. The van der Waals surface area contributed by atoms with Crippen LogP contribution in [0, 0.1) is 0 Å². The van der Waals surface area contributed by atoms with Crippen LogP contribution in [-0.2, 0) is 13.0 Å². The molecule has 2 N–H and O–H groups in total. The number of fused-ring (bicyclic) bond motifs is 2. The van der Waals surface area contributed by atoms with Crippen LogP contribution < -0.4 is 11.0 Å². The molecule has 0 saturated heterocycles. The zero-order chi connectivity index (χ0) is 19.7. The summed E-state index contributed by atoms with van der Waals surface area (Å²) in [6.07, 6.45) is 2.31. The highest BCUT2D eigenvalue weighted by Crippen LogP contribution is 2.16. The lowest BCUT2D eigenvalue weighted by atomic mass is 10.1. The van der Waals surface area contributed by atoms with Crippen LogP contribution in [0.25, 0.3) is 10.9 Å². The van der Waals surface area contributed by atoms with Gasteiger partial charge < -0.3 is 5.11 Å². The van der Waals surface area contributed by atoms with Crippen LogP contribution in [0.5, 0.6) is 5.75 Å². The van der Waals surface area contributed by atoms with E-state index >= 15 is 0 Å². The Morgan fingerprint density at radius 2 is 1.96 bits per heavy atom. The molecule has 2 aromatic carbocycles. The molecule has 7 nitrogen and oxygen atoms in total. The number of hydrogen-bond acceptors (Lipinski definition) is 5. The molecular weight excluding hydrogens is 356 g/mol. The monoisotopic (exact) mass is 376 g/mol. The third-order valence-corrected chi connectivity index (χ3v) is 4.91. The Bertz CT molecular complexity index is 1150. The highest BCUT2D eigenvalue weighted by atomic mass is 16.3. The van der Waals surface area contributed by atoms with Gasteiger partial charge in [0.1, 0.15) is 11.6 Å². The molecule has 1 aliphatic rings. The fraction of sp³-hybridized carbons (Fsp3) is 0.238. The van der Waals surface area contributed by atoms with Gasteiger partial charge in [0, 0.05) is 18.5 Å². The van der Waals surface area contributed by atoms with Gasteiger partial charge in [-0.1, -0.05) is 6.92 Å². The van der Waals surface area contributed by atoms with Crippen LogP contribution in [0.2, 0.25) is 0 Å². The number of carbonyl (C=O) groups is 1. The van der Waals surface area contributed by atoms with E-state index in [0.717, 1.165) is 24.2 Å². The standard InChI is InChI=1S/C21H20N4O3/c1-2-17(13-5-8-15(26)9-6-13)23-24-20(27)14-7-10-16-18(12-14)22-19-4-3-11-25(19)21(16)28/h5-10,12,26H,2-4,11H2,1H3,(H,24,27)/b23-17+. The zero-order valence-electron chi connectivity index (χ0n) is 15.5. The largest absolute Gasteiger partial charge is 0.508 e. The molecule has 1 amide bonds. The fourth-order valence-electron chi connectivity index (χ4n) is 3.41. The predicted molar refractivity (Wildman–Crippen MR) is 107 cm³/mol. The summed E-state index contributed by atoms with van der Waals surface area (Å²) < 4.78 is 1.71. The minimum absolute atomic E-state index is 0.0527. The van der Waals surface area contributed by atoms with Crippen molar-refractivity contribution in [2.24, 2.45) is 5.10 Å². The van der Waals surface area contributed by atoms with Crippen molar-refractivity contribution in [1.82, 2.24) is 15.0 Å². The van der Waals surface area contributed by atoms with E-state index in [1.54, 1.807) is 47.0 Å². The Kier molecular flexibility index (Phi) is 4.65. The van der Waals surface area contributed by atoms with E-state index in [4.69, 9.17) is 0 Å². The van der Waals surface area contributed by atoms with Gasteiger partial charge in [-0.25, -0.2) is 10.4 Å². The van der Waals surface area contributed by atoms with E-state index in [2.05, 4.69) is 15.5 Å². The zero-order valence-corrected chi connectivity index (χ0v) is 15.5. The molecule has 0 radical (unpaired) electrons. The summed E-state index contributed by atoms with van der Waals surface area (Å²) >= 11 is 0. The van der Waals surface area contributed by atoms with Gasteiger partial charge in [0.25, 0.3) is 11.5 Å². The van der Waals surface area contributed by atoms with E-state index in [1.807, 2.05) is 6.92 Å². The number of phenolic OH excluding ortho intramolecular Hbond substituents is 1. The number of nitrogens with zero attached hydrogens (tertiary/aromatic N) is 3. The molecule has 2 heterocycles. The van der Waals surface area contributed by atoms with Crippen LogP contribution in [0.3, 0.4) is 0 Å². The van der Waals surface area contributed by atoms with Crippen molar-refractivity contribution in [2.45, 2.75) is 32.7 Å². The summed E-state index contributed by atoms with van der Waals surface area (Å²) in [4.78, 5) is 29.6. The van der Waals surface area contributed by atoms with Crippen molar-refractivity contribution >= 4 is 22.5 Å². The molecule has 4 rings (SSSR count). The Hall–Kier alpha value is -3.48. The van der Waals surface area contributed by atoms with Crippen molar-refractivity contribution in [3.05, 3.63) is 69.8 Å². The Balaban J connectivity index is 1.61. The predicted octanol–water partition coefficient (Wildman–Crippen LogP) is 2.59. The van der Waals surface area contributed by atoms with Gasteiger partial charge in [0.15, 0.2) is 0 Å². The van der Waals surface area contributed by atoms with Crippen LogP contribution in [-0.4, -0.2) is 26.3 Å². The summed E-state index contributed by atoms with van der Waals surface area (Å²) in [7, 11) is 0. The average molecular weight is 376 g/mol. The number of amides is 1. The van der Waals surface area contributed by atoms with Gasteiger partial charge in [0.2, 0.25) is 0 Å². The lowest BCUT2D eigenvalue weighted by Crippen LogP contribution is -2.22. The molecule has 0 fully saturated rings. The number of phenols is 1. The highest BCUT2D eigenvalue weighted by molar-refractivity contribution is 6.02. The normalized spacial score (nSPS) is 13.5. The maximum atomic E-state index is 12.5. The van der Waals surface area contributed by atoms with Crippen LogP contribution in [0.4, 0.5) is 0 Å². The molecule has 0 unspecified atom stereocenters. The van der Waals surface area contributed by atoms with Gasteiger partial charge in [0.05, 0.1) is 16.6 Å². The lowest BCUT2D eigenvalue weighted by molar-refractivity contribution is 0.0955. The number of aromatic nitrogens is 2. The summed E-state index contributed by atoms with van der Waals surface area (Å²) in [6.45, 7) is 2.64. The third-order valence-electron chi connectivity index (χ3n) is 4.91. The van der Waals surface area contributed by atoms with Gasteiger partial charge in [-0.15, -0.1) is 0 Å². The van der Waals surface area contributed by atoms with Crippen molar-refractivity contribution in [1.29, 1.82) is 0 Å². The molecule has 0 bridgehead atoms. The number of aromatic hydroxyl groups is 1. The molecule has 3 aromatic rings. The first-order chi connectivity index (χ1) is 13.6. The summed E-state index contributed by atoms with van der Waals surface area (Å²) in [6, 6.07) is 11.5. The highest BCUT2D eigenvalue weighted by Gasteiger charge is 2.17. The maximum Gasteiger partial charge on any atom is 0.271 e. The number of benzene rings is 2. The smallest absolute Gasteiger partial charge is 0.271 e. The van der Waals surface area contributed by atoms with E-state index in [-0.39, 0.29) is 17.2 Å². The second kappa shape index (κ2) is 7.26. The first-order valence-electron chi connectivity index (χ1n) is 9.26. The van der Waals surface area contributed by atoms with E-state index < -0.39 is 0 Å². The minimum Gasteiger partial charge on any atom is -0.508 e. The number of hydrogen-bond donors (Lipinski definition) is 2. The summed E-state index contributed by atoms with van der Waals surface area (Å²) in [5.41, 5.74) is 4.97. The summed E-state index contributed by atoms with van der Waals surface area (Å²) in [5.74, 6) is 0.581. The number of nitrogens with one attached hydrogen (secondary N) is 1. The lowest BCUT2D eigenvalue weighted by Gasteiger charge is -2.08. The first kappa shape index (κ1) is 17.9. The van der Waals surface area contributed by atoms with Crippen LogP contribution >= 0.6 is 0 Å². The average Bonchev–Trinajstić information content (AvgIpc) is 3.18. The molecule has 28 heavy (non-hydrogen) atoms. The molecule has 0 aliphatic carbocycles. The van der Waals surface area contributed by atoms with E-state index in [0.29, 0.717) is 35.1 Å². The molecule has 7 heteroatoms. The molecule has 1 aromatic heterocycles. The van der Waals surface area contributed by atoms with Crippen LogP contribution in [0.1, 0.15) is 41.5 Å². The Morgan fingerprint density at radius 3 is 2.71 bits per heavy atom. The van der Waals surface area contributed by atoms with Gasteiger partial charge in [-0.2, -0.15) is 5.10 Å². The number of carbonyl (C=O) groups excluding carboxylic acids is 1. The van der Waals surface area contributed by atoms with Crippen LogP contribution in [0.15, 0.2) is 52.4 Å².